The van der Waals surface area contributed by atoms with E-state index in [1.54, 1.807) is 13.8 Å². The first-order chi connectivity index (χ1) is 9.01. The van der Waals surface area contributed by atoms with Crippen molar-refractivity contribution in [2.45, 2.75) is 13.8 Å². The van der Waals surface area contributed by atoms with Crippen LogP contribution in [-0.4, -0.2) is 31.6 Å². The fourth-order valence-corrected chi connectivity index (χ4v) is 2.02. The molecule has 1 aliphatic rings. The Labute approximate surface area is 109 Å². The van der Waals surface area contributed by atoms with E-state index in [9.17, 15) is 14.4 Å². The Bertz CT molecular complexity index is 587. The van der Waals surface area contributed by atoms with Crippen molar-refractivity contribution in [2.24, 2.45) is 0 Å². The van der Waals surface area contributed by atoms with Crippen molar-refractivity contribution >= 4 is 17.9 Å². The van der Waals surface area contributed by atoms with E-state index in [1.807, 2.05) is 0 Å². The molecular formula is C13H12O6. The number of rotatable bonds is 3. The van der Waals surface area contributed by atoms with Gasteiger partial charge in [-0.15, -0.1) is 0 Å². The number of methoxy groups -OCH3 is 1. The van der Waals surface area contributed by atoms with Gasteiger partial charge in [-0.3, -0.25) is 0 Å². The van der Waals surface area contributed by atoms with Crippen LogP contribution in [0.3, 0.4) is 0 Å². The average Bonchev–Trinajstić information content (AvgIpc) is 2.64. The second-order valence-electron chi connectivity index (χ2n) is 3.90. The summed E-state index contributed by atoms with van der Waals surface area (Å²) in [6.45, 7) is 3.42. The maximum atomic E-state index is 11.9. The zero-order valence-corrected chi connectivity index (χ0v) is 10.7. The van der Waals surface area contributed by atoms with Crippen molar-refractivity contribution in [3.8, 4) is 5.75 Å². The van der Waals surface area contributed by atoms with Crippen molar-refractivity contribution in [1.82, 2.24) is 0 Å². The Morgan fingerprint density at radius 2 is 2.00 bits per heavy atom. The van der Waals surface area contributed by atoms with Gasteiger partial charge in [0, 0.05) is 0 Å². The van der Waals surface area contributed by atoms with Crippen molar-refractivity contribution in [3.05, 3.63) is 28.3 Å². The van der Waals surface area contributed by atoms with Crippen LogP contribution in [-0.2, 0) is 9.47 Å². The molecule has 1 aliphatic heterocycles. The number of carbonyl (C=O) groups is 3. The lowest BCUT2D eigenvalue weighted by atomic mass is 9.97. The monoisotopic (exact) mass is 264 g/mol. The highest BCUT2D eigenvalue weighted by molar-refractivity contribution is 6.17. The molecule has 6 nitrogen and oxygen atoms in total. The van der Waals surface area contributed by atoms with Gasteiger partial charge in [-0.1, -0.05) is 0 Å². The smallest absolute Gasteiger partial charge is 0.347 e. The quantitative estimate of drug-likeness (QED) is 0.608. The van der Waals surface area contributed by atoms with E-state index in [0.717, 1.165) is 0 Å². The molecule has 1 heterocycles. The summed E-state index contributed by atoms with van der Waals surface area (Å²) in [7, 11) is 1.37. The van der Waals surface area contributed by atoms with Crippen LogP contribution in [0.4, 0.5) is 0 Å². The topological polar surface area (TPSA) is 78.9 Å². The second-order valence-corrected chi connectivity index (χ2v) is 3.90. The number of benzene rings is 1. The molecule has 0 bridgehead atoms. The molecule has 0 spiro atoms. The van der Waals surface area contributed by atoms with Gasteiger partial charge in [0.05, 0.1) is 24.8 Å². The highest BCUT2D eigenvalue weighted by Crippen LogP contribution is 2.33. The molecule has 100 valence electrons. The number of hydrogen-bond donors (Lipinski definition) is 0. The van der Waals surface area contributed by atoms with Gasteiger partial charge in [0.2, 0.25) is 0 Å². The molecule has 0 saturated carbocycles. The van der Waals surface area contributed by atoms with Crippen LogP contribution in [0.2, 0.25) is 0 Å². The summed E-state index contributed by atoms with van der Waals surface area (Å²) in [6, 6.07) is 1.32. The van der Waals surface area contributed by atoms with Gasteiger partial charge in [-0.05, 0) is 25.5 Å². The van der Waals surface area contributed by atoms with Crippen LogP contribution in [0.1, 0.15) is 43.6 Å². The number of cyclic esters (lactones) is 2. The van der Waals surface area contributed by atoms with Crippen molar-refractivity contribution in [2.75, 3.05) is 13.7 Å². The largest absolute Gasteiger partial charge is 0.496 e. The molecule has 0 atom stereocenters. The molecule has 1 aromatic carbocycles. The Balaban J connectivity index is 2.68. The zero-order valence-electron chi connectivity index (χ0n) is 10.7. The number of hydrogen-bond acceptors (Lipinski definition) is 6. The van der Waals surface area contributed by atoms with Gasteiger partial charge in [0.15, 0.2) is 0 Å². The van der Waals surface area contributed by atoms with Gasteiger partial charge in [-0.2, -0.15) is 0 Å². The predicted molar refractivity (Wildman–Crippen MR) is 63.4 cm³/mol. The van der Waals surface area contributed by atoms with Crippen molar-refractivity contribution in [3.63, 3.8) is 0 Å². The minimum Gasteiger partial charge on any atom is -0.496 e. The van der Waals surface area contributed by atoms with Gasteiger partial charge in [0.25, 0.3) is 0 Å². The van der Waals surface area contributed by atoms with Gasteiger partial charge in [0.1, 0.15) is 11.3 Å². The first kappa shape index (κ1) is 13.1. The number of fused-ring (bicyclic) bond motifs is 1. The van der Waals surface area contributed by atoms with Crippen LogP contribution >= 0.6 is 0 Å². The Morgan fingerprint density at radius 3 is 2.58 bits per heavy atom. The number of carbonyl (C=O) groups excluding carboxylic acids is 3. The number of ether oxygens (including phenoxy) is 3. The Kier molecular flexibility index (Phi) is 3.25. The van der Waals surface area contributed by atoms with Gasteiger partial charge < -0.3 is 14.2 Å². The molecule has 0 fully saturated rings. The minimum atomic E-state index is -0.759. The Morgan fingerprint density at radius 1 is 1.32 bits per heavy atom. The summed E-state index contributed by atoms with van der Waals surface area (Å²) in [5.74, 6) is -1.92. The van der Waals surface area contributed by atoms with E-state index >= 15 is 0 Å². The lowest BCUT2D eigenvalue weighted by Crippen LogP contribution is -2.12. The van der Waals surface area contributed by atoms with Crippen LogP contribution in [0, 0.1) is 6.92 Å². The number of esters is 3. The highest BCUT2D eigenvalue weighted by atomic mass is 16.6. The third-order valence-electron chi connectivity index (χ3n) is 2.85. The van der Waals surface area contributed by atoms with E-state index in [0.29, 0.717) is 5.56 Å². The summed E-state index contributed by atoms with van der Waals surface area (Å²) in [5.41, 5.74) is 0.652. The molecule has 0 amide bonds. The molecule has 0 aliphatic carbocycles. The van der Waals surface area contributed by atoms with E-state index in [2.05, 4.69) is 4.74 Å². The van der Waals surface area contributed by atoms with E-state index in [4.69, 9.17) is 9.47 Å². The zero-order chi connectivity index (χ0) is 14.2. The van der Waals surface area contributed by atoms with Gasteiger partial charge >= 0.3 is 17.9 Å². The molecule has 0 N–H and O–H groups in total. The summed E-state index contributed by atoms with van der Waals surface area (Å²) >= 11 is 0. The SMILES string of the molecule is CCOC(=O)c1c(OC)cc2c(c1C)C(=O)OC2=O. The molecule has 6 heteroatoms. The fourth-order valence-electron chi connectivity index (χ4n) is 2.02. The standard InChI is InChI=1S/C13H12O6/c1-4-18-12(15)10-6(2)9-7(5-8(10)17-3)11(14)19-13(9)16/h5H,4H2,1-3H3. The Hall–Kier alpha value is -2.37. The van der Waals surface area contributed by atoms with Crippen molar-refractivity contribution < 1.29 is 28.6 Å². The van der Waals surface area contributed by atoms with Crippen LogP contribution in [0.25, 0.3) is 0 Å². The average molecular weight is 264 g/mol. The first-order valence-corrected chi connectivity index (χ1v) is 5.66. The summed E-state index contributed by atoms with van der Waals surface area (Å²) in [5, 5.41) is 0. The summed E-state index contributed by atoms with van der Waals surface area (Å²) in [6.07, 6.45) is 0. The molecule has 0 unspecified atom stereocenters. The highest BCUT2D eigenvalue weighted by Gasteiger charge is 2.35. The molecule has 1 aromatic rings. The second kappa shape index (κ2) is 4.72. The fraction of sp³-hybridized carbons (Fsp3) is 0.308. The molecule has 0 radical (unpaired) electrons. The molecule has 0 saturated heterocycles. The van der Waals surface area contributed by atoms with E-state index in [1.165, 1.54) is 13.2 Å². The van der Waals surface area contributed by atoms with Crippen LogP contribution in [0.5, 0.6) is 5.75 Å². The molecule has 2 rings (SSSR count). The van der Waals surface area contributed by atoms with Crippen molar-refractivity contribution in [1.29, 1.82) is 0 Å². The first-order valence-electron chi connectivity index (χ1n) is 5.66. The third kappa shape index (κ3) is 1.95. The predicted octanol–water partition coefficient (Wildman–Crippen LogP) is 1.49. The summed E-state index contributed by atoms with van der Waals surface area (Å²) < 4.78 is 14.5. The molecule has 0 aromatic heterocycles. The molecule has 19 heavy (non-hydrogen) atoms. The third-order valence-corrected chi connectivity index (χ3v) is 2.85. The lowest BCUT2D eigenvalue weighted by Gasteiger charge is -2.12. The van der Waals surface area contributed by atoms with Crippen LogP contribution in [0.15, 0.2) is 6.07 Å². The molecular weight excluding hydrogens is 252 g/mol. The lowest BCUT2D eigenvalue weighted by molar-refractivity contribution is 0.0442. The van der Waals surface area contributed by atoms with E-state index in [-0.39, 0.29) is 29.0 Å². The van der Waals surface area contributed by atoms with Crippen LogP contribution < -0.4 is 4.74 Å². The normalized spacial score (nSPS) is 13.0. The maximum absolute atomic E-state index is 11.9. The minimum absolute atomic E-state index is 0.0915. The van der Waals surface area contributed by atoms with Gasteiger partial charge in [-0.25, -0.2) is 14.4 Å². The summed E-state index contributed by atoms with van der Waals surface area (Å²) in [4.78, 5) is 35.0. The maximum Gasteiger partial charge on any atom is 0.347 e. The van der Waals surface area contributed by atoms with E-state index < -0.39 is 17.9 Å².